The van der Waals surface area contributed by atoms with Gasteiger partial charge in [0.05, 0.1) is 32.7 Å². The van der Waals surface area contributed by atoms with Gasteiger partial charge in [0, 0.05) is 7.05 Å². The molecule has 0 aliphatic heterocycles. The smallest absolute Gasteiger partial charge is 0.335 e. The van der Waals surface area contributed by atoms with E-state index in [1.54, 1.807) is 22.5 Å². The van der Waals surface area contributed by atoms with Crippen molar-refractivity contribution < 1.29 is 26.7 Å². The van der Waals surface area contributed by atoms with Gasteiger partial charge in [0.15, 0.2) is 0 Å². The van der Waals surface area contributed by atoms with Crippen molar-refractivity contribution in [1.29, 1.82) is 0 Å². The monoisotopic (exact) mass is 525 g/mol. The van der Waals surface area contributed by atoms with E-state index in [9.17, 15) is 31.5 Å². The Labute approximate surface area is 196 Å². The zero-order valence-electron chi connectivity index (χ0n) is 16.7. The fourth-order valence-corrected chi connectivity index (χ4v) is 6.95. The lowest BCUT2D eigenvalue weighted by Gasteiger charge is -2.15. The van der Waals surface area contributed by atoms with Crippen LogP contribution in [-0.4, -0.2) is 31.9 Å². The minimum absolute atomic E-state index is 0.00243. The molecule has 0 amide bonds. The number of hydrogen-bond acceptors (Lipinski definition) is 8. The third-order valence-electron chi connectivity index (χ3n) is 4.57. The predicted molar refractivity (Wildman–Crippen MR) is 126 cm³/mol. The van der Waals surface area contributed by atoms with Gasteiger partial charge >= 0.3 is 5.97 Å². The summed E-state index contributed by atoms with van der Waals surface area (Å²) in [6.45, 7) is 0. The third kappa shape index (κ3) is 4.50. The largest absolute Gasteiger partial charge is 0.478 e. The van der Waals surface area contributed by atoms with Crippen molar-refractivity contribution in [3.63, 3.8) is 0 Å². The number of thiophene rings is 1. The van der Waals surface area contributed by atoms with Crippen LogP contribution in [0.1, 0.15) is 10.4 Å². The topological polar surface area (TPSA) is 152 Å². The average Bonchev–Trinajstić information content (AvgIpc) is 3.38. The Morgan fingerprint density at radius 2 is 1.70 bits per heavy atom. The predicted octanol–water partition coefficient (Wildman–Crippen LogP) is 2.96. The van der Waals surface area contributed by atoms with E-state index in [0.717, 1.165) is 41.1 Å². The standard InChI is InChI=1S/C19H15N3O7S4/c1-22-16-7-5-12(10-13(16)19(25)31-22)32(26,27)21-15-9-11(18(23)24)4-6-14(15)20-33(28,29)17-3-2-8-30-17/h2-10,20-21H,1H3,(H,23,24). The molecule has 0 saturated heterocycles. The lowest BCUT2D eigenvalue weighted by molar-refractivity contribution is 0.0697. The first-order valence-electron chi connectivity index (χ1n) is 9.04. The van der Waals surface area contributed by atoms with E-state index < -0.39 is 26.0 Å². The molecule has 0 bridgehead atoms. The van der Waals surface area contributed by atoms with Gasteiger partial charge in [0.2, 0.25) is 0 Å². The van der Waals surface area contributed by atoms with E-state index in [4.69, 9.17) is 0 Å². The normalized spacial score (nSPS) is 12.0. The number of aryl methyl sites for hydroxylation is 1. The molecule has 3 N–H and O–H groups in total. The number of carboxylic acids is 1. The number of nitrogens with zero attached hydrogens (tertiary/aromatic N) is 1. The minimum Gasteiger partial charge on any atom is -0.478 e. The summed E-state index contributed by atoms with van der Waals surface area (Å²) in [5.74, 6) is -1.33. The molecule has 0 spiro atoms. The zero-order chi connectivity index (χ0) is 24.0. The van der Waals surface area contributed by atoms with Gasteiger partial charge in [-0.15, -0.1) is 11.3 Å². The number of carbonyl (C=O) groups is 1. The van der Waals surface area contributed by atoms with E-state index in [0.29, 0.717) is 5.52 Å². The van der Waals surface area contributed by atoms with Crippen LogP contribution < -0.4 is 14.2 Å². The second-order valence-electron chi connectivity index (χ2n) is 6.76. The van der Waals surface area contributed by atoms with Crippen LogP contribution >= 0.6 is 22.9 Å². The molecule has 0 unspecified atom stereocenters. The number of aromatic carboxylic acids is 1. The SMILES string of the molecule is Cn1sc(=O)c2cc(S(=O)(=O)Nc3cc(C(=O)O)ccc3NS(=O)(=O)c3cccs3)ccc21. The van der Waals surface area contributed by atoms with Crippen LogP contribution in [0.3, 0.4) is 0 Å². The Balaban J connectivity index is 1.77. The molecule has 0 atom stereocenters. The molecular formula is C19H15N3O7S4. The van der Waals surface area contributed by atoms with Crippen LogP contribution in [0.25, 0.3) is 10.9 Å². The van der Waals surface area contributed by atoms with Gasteiger partial charge in [0.25, 0.3) is 24.8 Å². The summed E-state index contributed by atoms with van der Waals surface area (Å²) in [7, 11) is -6.67. The van der Waals surface area contributed by atoms with Crippen molar-refractivity contribution in [3.05, 3.63) is 69.0 Å². The van der Waals surface area contributed by atoms with Crippen molar-refractivity contribution in [2.24, 2.45) is 7.05 Å². The van der Waals surface area contributed by atoms with E-state index in [1.165, 1.54) is 24.3 Å². The molecule has 4 aromatic rings. The summed E-state index contributed by atoms with van der Waals surface area (Å²) in [5, 5.41) is 11.1. The van der Waals surface area contributed by atoms with Crippen molar-refractivity contribution in [2.75, 3.05) is 9.44 Å². The highest BCUT2D eigenvalue weighted by Gasteiger charge is 2.22. The van der Waals surface area contributed by atoms with Gasteiger partial charge < -0.3 is 5.11 Å². The Hall–Kier alpha value is -3.20. The Kier molecular flexibility index (Phi) is 5.78. The zero-order valence-corrected chi connectivity index (χ0v) is 19.9. The first-order chi connectivity index (χ1) is 15.5. The Morgan fingerprint density at radius 1 is 0.970 bits per heavy atom. The molecule has 2 aromatic carbocycles. The third-order valence-corrected chi connectivity index (χ3v) is 9.55. The lowest BCUT2D eigenvalue weighted by Crippen LogP contribution is -2.18. The molecule has 2 aromatic heterocycles. The van der Waals surface area contributed by atoms with Crippen LogP contribution in [0.15, 0.2) is 67.8 Å². The highest BCUT2D eigenvalue weighted by molar-refractivity contribution is 7.94. The number of benzene rings is 2. The van der Waals surface area contributed by atoms with Crippen molar-refractivity contribution in [3.8, 4) is 0 Å². The summed E-state index contributed by atoms with van der Waals surface area (Å²) >= 11 is 1.89. The van der Waals surface area contributed by atoms with Crippen molar-refractivity contribution >= 4 is 71.2 Å². The number of nitrogens with one attached hydrogen (secondary N) is 2. The fraction of sp³-hybridized carbons (Fsp3) is 0.0526. The molecule has 0 saturated carbocycles. The molecule has 172 valence electrons. The Morgan fingerprint density at radius 3 is 2.36 bits per heavy atom. The van der Waals surface area contributed by atoms with Gasteiger partial charge in [-0.05, 0) is 59.4 Å². The van der Waals surface area contributed by atoms with Crippen LogP contribution in [0.2, 0.25) is 0 Å². The molecule has 0 aliphatic rings. The van der Waals surface area contributed by atoms with E-state index in [1.807, 2.05) is 0 Å². The highest BCUT2D eigenvalue weighted by atomic mass is 32.2. The van der Waals surface area contributed by atoms with Crippen molar-refractivity contribution in [1.82, 2.24) is 3.96 Å². The molecule has 0 radical (unpaired) electrons. The number of anilines is 2. The molecule has 0 aliphatic carbocycles. The second kappa shape index (κ2) is 8.30. The molecule has 10 nitrogen and oxygen atoms in total. The molecule has 2 heterocycles. The van der Waals surface area contributed by atoms with Gasteiger partial charge in [-0.1, -0.05) is 6.07 Å². The number of sulfonamides is 2. The molecular weight excluding hydrogens is 510 g/mol. The Bertz CT molecular complexity index is 1650. The number of rotatable bonds is 7. The number of aromatic nitrogens is 1. The first-order valence-corrected chi connectivity index (χ1v) is 13.7. The van der Waals surface area contributed by atoms with Crippen LogP contribution in [-0.2, 0) is 27.1 Å². The summed E-state index contributed by atoms with van der Waals surface area (Å²) in [6, 6.07) is 10.2. The summed E-state index contributed by atoms with van der Waals surface area (Å²) < 4.78 is 57.2. The maximum atomic E-state index is 13.1. The molecule has 4 rings (SSSR count). The number of carboxylic acid groups (broad SMARTS) is 1. The summed E-state index contributed by atoms with van der Waals surface area (Å²) in [6.07, 6.45) is 0. The highest BCUT2D eigenvalue weighted by Crippen LogP contribution is 2.30. The maximum Gasteiger partial charge on any atom is 0.335 e. The average molecular weight is 526 g/mol. The van der Waals surface area contributed by atoms with Crippen molar-refractivity contribution in [2.45, 2.75) is 9.10 Å². The van der Waals surface area contributed by atoms with E-state index >= 15 is 0 Å². The summed E-state index contributed by atoms with van der Waals surface area (Å²) in [4.78, 5) is 23.3. The fourth-order valence-electron chi connectivity index (χ4n) is 3.01. The van der Waals surface area contributed by atoms with Crippen LogP contribution in [0.5, 0.6) is 0 Å². The van der Waals surface area contributed by atoms with Crippen LogP contribution in [0, 0.1) is 0 Å². The minimum atomic E-state index is -4.31. The molecule has 0 fully saturated rings. The molecule has 33 heavy (non-hydrogen) atoms. The van der Waals surface area contributed by atoms with E-state index in [2.05, 4.69) is 9.44 Å². The maximum absolute atomic E-state index is 13.1. The molecule has 14 heteroatoms. The quantitative estimate of drug-likeness (QED) is 0.335. The number of fused-ring (bicyclic) bond motifs is 1. The van der Waals surface area contributed by atoms with Gasteiger partial charge in [0.1, 0.15) is 4.21 Å². The lowest BCUT2D eigenvalue weighted by atomic mass is 10.2. The van der Waals surface area contributed by atoms with Gasteiger partial charge in [-0.2, -0.15) is 0 Å². The first kappa shape index (κ1) is 23.0. The van der Waals surface area contributed by atoms with Gasteiger partial charge in [-0.25, -0.2) is 21.6 Å². The van der Waals surface area contributed by atoms with Gasteiger partial charge in [-0.3, -0.25) is 18.2 Å². The van der Waals surface area contributed by atoms with Crippen LogP contribution in [0.4, 0.5) is 11.4 Å². The number of hydrogen-bond donors (Lipinski definition) is 3. The van der Waals surface area contributed by atoms with E-state index in [-0.39, 0.29) is 36.2 Å². The second-order valence-corrected chi connectivity index (χ2v) is 12.4. The summed E-state index contributed by atoms with van der Waals surface area (Å²) in [5.41, 5.74) is -0.145.